The van der Waals surface area contributed by atoms with E-state index >= 15 is 0 Å². The van der Waals surface area contributed by atoms with Crippen LogP contribution in [0.3, 0.4) is 0 Å². The Hall–Kier alpha value is -4.07. The molecule has 35 heavy (non-hydrogen) atoms. The van der Waals surface area contributed by atoms with Crippen molar-refractivity contribution in [1.82, 2.24) is 0 Å². The van der Waals surface area contributed by atoms with Gasteiger partial charge in [0.1, 0.15) is 11.5 Å². The highest BCUT2D eigenvalue weighted by atomic mass is 35.5. The highest BCUT2D eigenvalue weighted by molar-refractivity contribution is 8.19. The molecule has 0 radical (unpaired) electrons. The lowest BCUT2D eigenvalue weighted by molar-refractivity contribution is -0.113. The summed E-state index contributed by atoms with van der Waals surface area (Å²) in [6.45, 7) is 0. The highest BCUT2D eigenvalue weighted by Crippen LogP contribution is 2.38. The van der Waals surface area contributed by atoms with Crippen molar-refractivity contribution in [1.29, 1.82) is 0 Å². The number of benzene rings is 3. The maximum absolute atomic E-state index is 13.4. The molecule has 1 aliphatic rings. The molecular weight excluding hydrogens is 484 g/mol. The van der Waals surface area contributed by atoms with Crippen LogP contribution in [-0.2, 0) is 4.79 Å². The standard InChI is InChI=1S/C27H17ClN2O4S/c28-22-13-11-17(26(32)33)15-21(22)23-14-12-20(34-23)16-24-25(31)30(19-9-5-2-6-10-19)27(35-24)29-18-7-3-1-4-8-18/h1-16H,(H,32,33)/b24-16-,29-27?. The molecule has 2 heterocycles. The average molecular weight is 501 g/mol. The maximum atomic E-state index is 13.4. The van der Waals surface area contributed by atoms with E-state index in [4.69, 9.17) is 16.0 Å². The van der Waals surface area contributed by atoms with Gasteiger partial charge < -0.3 is 9.52 Å². The molecule has 0 bridgehead atoms. The number of carbonyl (C=O) groups is 2. The van der Waals surface area contributed by atoms with Gasteiger partial charge in [-0.05, 0) is 66.4 Å². The van der Waals surface area contributed by atoms with Gasteiger partial charge in [-0.3, -0.25) is 9.69 Å². The van der Waals surface area contributed by atoms with E-state index in [2.05, 4.69) is 4.99 Å². The number of anilines is 1. The molecular formula is C27H17ClN2O4S. The quantitative estimate of drug-likeness (QED) is 0.295. The predicted octanol–water partition coefficient (Wildman–Crippen LogP) is 7.11. The highest BCUT2D eigenvalue weighted by Gasteiger charge is 2.35. The van der Waals surface area contributed by atoms with Crippen molar-refractivity contribution in [2.45, 2.75) is 0 Å². The van der Waals surface area contributed by atoms with Gasteiger partial charge in [-0.1, -0.05) is 48.0 Å². The number of aromatic carboxylic acids is 1. The van der Waals surface area contributed by atoms with Crippen LogP contribution < -0.4 is 4.90 Å². The number of carbonyl (C=O) groups excluding carboxylic acids is 1. The molecule has 4 aromatic rings. The maximum Gasteiger partial charge on any atom is 0.335 e. The minimum absolute atomic E-state index is 0.0995. The SMILES string of the molecule is O=C(O)c1ccc(Cl)c(-c2ccc(/C=C3\SC(=Nc4ccccc4)N(c4ccccc4)C3=O)o2)c1. The lowest BCUT2D eigenvalue weighted by Gasteiger charge is -2.15. The number of hydrogen-bond acceptors (Lipinski definition) is 5. The van der Waals surface area contributed by atoms with Gasteiger partial charge in [0.25, 0.3) is 5.91 Å². The summed E-state index contributed by atoms with van der Waals surface area (Å²) in [5, 5.41) is 10.2. The third kappa shape index (κ3) is 4.77. The molecule has 1 N–H and O–H groups in total. The van der Waals surface area contributed by atoms with Crippen LogP contribution >= 0.6 is 23.4 Å². The van der Waals surface area contributed by atoms with E-state index in [0.29, 0.717) is 37.9 Å². The van der Waals surface area contributed by atoms with Crippen LogP contribution in [0.5, 0.6) is 0 Å². The number of rotatable bonds is 5. The number of para-hydroxylation sites is 2. The first-order valence-electron chi connectivity index (χ1n) is 10.6. The average Bonchev–Trinajstić information content (AvgIpc) is 3.45. The summed E-state index contributed by atoms with van der Waals surface area (Å²) >= 11 is 7.52. The Morgan fingerprint density at radius 2 is 1.69 bits per heavy atom. The molecule has 0 saturated carbocycles. The first-order chi connectivity index (χ1) is 17.0. The fourth-order valence-electron chi connectivity index (χ4n) is 3.52. The van der Waals surface area contributed by atoms with Gasteiger partial charge in [-0.15, -0.1) is 0 Å². The largest absolute Gasteiger partial charge is 0.478 e. The summed E-state index contributed by atoms with van der Waals surface area (Å²) in [6.07, 6.45) is 1.65. The summed E-state index contributed by atoms with van der Waals surface area (Å²) in [5.41, 5.74) is 2.00. The number of aliphatic imine (C=N–C) groups is 1. The van der Waals surface area contributed by atoms with Crippen molar-refractivity contribution in [2.24, 2.45) is 4.99 Å². The van der Waals surface area contributed by atoms with E-state index in [9.17, 15) is 14.7 Å². The Balaban J connectivity index is 1.51. The molecule has 5 rings (SSSR count). The van der Waals surface area contributed by atoms with Crippen LogP contribution in [0.1, 0.15) is 16.1 Å². The molecule has 0 unspecified atom stereocenters. The van der Waals surface area contributed by atoms with Gasteiger partial charge in [0.05, 0.1) is 26.9 Å². The molecule has 0 atom stereocenters. The summed E-state index contributed by atoms with van der Waals surface area (Å²) < 4.78 is 5.91. The van der Waals surface area contributed by atoms with Crippen molar-refractivity contribution < 1.29 is 19.1 Å². The van der Waals surface area contributed by atoms with Gasteiger partial charge in [-0.25, -0.2) is 9.79 Å². The van der Waals surface area contributed by atoms with Crippen LogP contribution in [-0.4, -0.2) is 22.2 Å². The molecule has 0 aliphatic carbocycles. The van der Waals surface area contributed by atoms with Crippen LogP contribution in [0, 0.1) is 0 Å². The van der Waals surface area contributed by atoms with Gasteiger partial charge >= 0.3 is 5.97 Å². The van der Waals surface area contributed by atoms with Crippen molar-refractivity contribution in [3.05, 3.63) is 112 Å². The second-order valence-electron chi connectivity index (χ2n) is 7.52. The molecule has 1 amide bonds. The Labute approximate surface area is 210 Å². The van der Waals surface area contributed by atoms with Crippen LogP contribution in [0.15, 0.2) is 105 Å². The second-order valence-corrected chi connectivity index (χ2v) is 8.93. The first kappa shape index (κ1) is 22.7. The third-order valence-corrected chi connectivity index (χ3v) is 6.48. The zero-order valence-corrected chi connectivity index (χ0v) is 19.7. The lowest BCUT2D eigenvalue weighted by Crippen LogP contribution is -2.28. The fraction of sp³-hybridized carbons (Fsp3) is 0. The Morgan fingerprint density at radius 3 is 2.40 bits per heavy atom. The number of hydrogen-bond donors (Lipinski definition) is 1. The Morgan fingerprint density at radius 1 is 0.971 bits per heavy atom. The molecule has 0 spiro atoms. The van der Waals surface area contributed by atoms with E-state index in [1.54, 1.807) is 23.1 Å². The Kier molecular flexibility index (Phi) is 6.27. The van der Waals surface area contributed by atoms with Gasteiger partial charge in [0, 0.05) is 11.6 Å². The number of carboxylic acid groups (broad SMARTS) is 1. The van der Waals surface area contributed by atoms with E-state index in [0.717, 1.165) is 5.69 Å². The zero-order valence-electron chi connectivity index (χ0n) is 18.1. The van der Waals surface area contributed by atoms with Gasteiger partial charge in [-0.2, -0.15) is 0 Å². The zero-order chi connectivity index (χ0) is 24.4. The van der Waals surface area contributed by atoms with Crippen molar-refractivity contribution in [3.8, 4) is 11.3 Å². The van der Waals surface area contributed by atoms with Crippen LogP contribution in [0.4, 0.5) is 11.4 Å². The minimum atomic E-state index is -1.06. The van der Waals surface area contributed by atoms with E-state index < -0.39 is 5.97 Å². The van der Waals surface area contributed by atoms with Gasteiger partial charge in [0.15, 0.2) is 5.17 Å². The lowest BCUT2D eigenvalue weighted by atomic mass is 10.1. The number of amidine groups is 1. The fourth-order valence-corrected chi connectivity index (χ4v) is 4.71. The normalized spacial score (nSPS) is 15.8. The molecule has 8 heteroatoms. The van der Waals surface area contributed by atoms with E-state index in [1.165, 1.54) is 30.0 Å². The molecule has 172 valence electrons. The summed E-state index contributed by atoms with van der Waals surface area (Å²) in [5.74, 6) is -0.448. The van der Waals surface area contributed by atoms with E-state index in [1.807, 2.05) is 60.7 Å². The van der Waals surface area contributed by atoms with E-state index in [-0.39, 0.29) is 11.5 Å². The summed E-state index contributed by atoms with van der Waals surface area (Å²) in [7, 11) is 0. The smallest absolute Gasteiger partial charge is 0.335 e. The Bertz CT molecular complexity index is 1480. The van der Waals surface area contributed by atoms with Crippen LogP contribution in [0.25, 0.3) is 17.4 Å². The minimum Gasteiger partial charge on any atom is -0.478 e. The number of amides is 1. The number of nitrogens with zero attached hydrogens (tertiary/aromatic N) is 2. The van der Waals surface area contributed by atoms with Crippen molar-refractivity contribution in [3.63, 3.8) is 0 Å². The predicted molar refractivity (Wildman–Crippen MR) is 139 cm³/mol. The molecule has 3 aromatic carbocycles. The van der Waals surface area contributed by atoms with Crippen LogP contribution in [0.2, 0.25) is 5.02 Å². The van der Waals surface area contributed by atoms with Crippen molar-refractivity contribution >= 4 is 57.9 Å². The first-order valence-corrected chi connectivity index (χ1v) is 11.7. The number of furan rings is 1. The van der Waals surface area contributed by atoms with Gasteiger partial charge in [0.2, 0.25) is 0 Å². The monoisotopic (exact) mass is 500 g/mol. The third-order valence-electron chi connectivity index (χ3n) is 5.18. The van der Waals surface area contributed by atoms with Crippen molar-refractivity contribution in [2.75, 3.05) is 4.90 Å². The number of carboxylic acids is 1. The molecule has 1 aliphatic heterocycles. The topological polar surface area (TPSA) is 83.1 Å². The molecule has 6 nitrogen and oxygen atoms in total. The molecule has 1 saturated heterocycles. The number of halogens is 1. The summed E-state index contributed by atoms with van der Waals surface area (Å²) in [6, 6.07) is 26.5. The molecule has 1 fully saturated rings. The second kappa shape index (κ2) is 9.66. The summed E-state index contributed by atoms with van der Waals surface area (Å²) in [4.78, 5) is 31.4. The molecule has 1 aromatic heterocycles. The number of thioether (sulfide) groups is 1.